The van der Waals surface area contributed by atoms with Crippen LogP contribution >= 0.6 is 0 Å². The second-order valence-corrected chi connectivity index (χ2v) is 10.6. The minimum absolute atomic E-state index is 0.205. The summed E-state index contributed by atoms with van der Waals surface area (Å²) >= 11 is 0. The van der Waals surface area contributed by atoms with Gasteiger partial charge in [0.25, 0.3) is 5.91 Å². The van der Waals surface area contributed by atoms with Crippen molar-refractivity contribution >= 4 is 32.8 Å². The molecule has 1 saturated carbocycles. The summed E-state index contributed by atoms with van der Waals surface area (Å²) in [6.07, 6.45) is 3.03. The van der Waals surface area contributed by atoms with Crippen molar-refractivity contribution in [1.82, 2.24) is 10.3 Å². The summed E-state index contributed by atoms with van der Waals surface area (Å²) in [4.78, 5) is 17.5. The summed E-state index contributed by atoms with van der Waals surface area (Å²) in [6, 6.07) is 18.5. The largest absolute Gasteiger partial charge is 0.457 e. The Bertz CT molecular complexity index is 1510. The average Bonchev–Trinajstić information content (AvgIpc) is 3.63. The summed E-state index contributed by atoms with van der Waals surface area (Å²) < 4.78 is 37.6. The monoisotopic (exact) mass is 491 g/mol. The molecular formula is C26H25N3O5S. The Morgan fingerprint density at radius 2 is 1.74 bits per heavy atom. The van der Waals surface area contributed by atoms with Crippen molar-refractivity contribution < 1.29 is 22.4 Å². The van der Waals surface area contributed by atoms with E-state index in [1.54, 1.807) is 19.2 Å². The molecule has 1 fully saturated rings. The summed E-state index contributed by atoms with van der Waals surface area (Å²) in [5.74, 6) is 1.95. The molecule has 5 rings (SSSR count). The first kappa shape index (κ1) is 22.9. The quantitative estimate of drug-likeness (QED) is 0.394. The van der Waals surface area contributed by atoms with E-state index in [-0.39, 0.29) is 17.5 Å². The lowest BCUT2D eigenvalue weighted by Crippen LogP contribution is -2.27. The third-order valence-electron chi connectivity index (χ3n) is 6.05. The molecule has 2 aromatic heterocycles. The molecule has 0 saturated heterocycles. The molecule has 0 unspecified atom stereocenters. The van der Waals surface area contributed by atoms with Gasteiger partial charge in [-0.25, -0.2) is 8.42 Å². The normalized spacial score (nSPS) is 13.6. The van der Waals surface area contributed by atoms with Gasteiger partial charge in [0.05, 0.1) is 17.2 Å². The van der Waals surface area contributed by atoms with E-state index in [4.69, 9.17) is 9.15 Å². The van der Waals surface area contributed by atoms with Crippen molar-refractivity contribution in [1.29, 1.82) is 0 Å². The standard InChI is InChI=1S/C26H25N3O5S/c1-27-25(30)22-21-15-20(16-9-10-16)24(29(2)35(3,31)32)28-26(21)34-23(22)17-11-13-19(14-12-17)33-18-7-5-4-6-8-18/h4-8,11-16H,9-10H2,1-3H3,(H,27,30). The highest BCUT2D eigenvalue weighted by molar-refractivity contribution is 7.92. The fourth-order valence-corrected chi connectivity index (χ4v) is 4.45. The minimum atomic E-state index is -3.52. The zero-order valence-electron chi connectivity index (χ0n) is 19.6. The number of fused-ring (bicyclic) bond motifs is 1. The summed E-state index contributed by atoms with van der Waals surface area (Å²) in [5.41, 5.74) is 2.04. The van der Waals surface area contributed by atoms with E-state index >= 15 is 0 Å². The van der Waals surface area contributed by atoms with E-state index in [1.165, 1.54) is 7.05 Å². The van der Waals surface area contributed by atoms with Crippen molar-refractivity contribution in [3.05, 3.63) is 71.8 Å². The number of pyridine rings is 1. The molecule has 0 radical (unpaired) electrons. The van der Waals surface area contributed by atoms with Crippen molar-refractivity contribution in [2.24, 2.45) is 0 Å². The number of para-hydroxylation sites is 1. The Morgan fingerprint density at radius 1 is 1.09 bits per heavy atom. The third kappa shape index (κ3) is 4.46. The van der Waals surface area contributed by atoms with E-state index < -0.39 is 10.0 Å². The highest BCUT2D eigenvalue weighted by Crippen LogP contribution is 2.46. The molecule has 4 aromatic rings. The highest BCUT2D eigenvalue weighted by atomic mass is 32.2. The fraction of sp³-hybridized carbons (Fsp3) is 0.231. The SMILES string of the molecule is CNC(=O)c1c(-c2ccc(Oc3ccccc3)cc2)oc2nc(N(C)S(C)(=O)=O)c(C3CC3)cc12. The lowest BCUT2D eigenvalue weighted by atomic mass is 10.0. The van der Waals surface area contributed by atoms with Gasteiger partial charge >= 0.3 is 0 Å². The van der Waals surface area contributed by atoms with Crippen LogP contribution in [-0.2, 0) is 10.0 Å². The number of rotatable bonds is 7. The van der Waals surface area contributed by atoms with E-state index in [0.29, 0.717) is 33.8 Å². The highest BCUT2D eigenvalue weighted by Gasteiger charge is 2.33. The first-order chi connectivity index (χ1) is 16.8. The predicted molar refractivity (Wildman–Crippen MR) is 135 cm³/mol. The predicted octanol–water partition coefficient (Wildman–Crippen LogP) is 4.92. The number of anilines is 1. The maximum atomic E-state index is 12.9. The van der Waals surface area contributed by atoms with Crippen molar-refractivity contribution in [3.8, 4) is 22.8 Å². The summed E-state index contributed by atoms with van der Waals surface area (Å²) in [6.45, 7) is 0. The van der Waals surface area contributed by atoms with E-state index in [0.717, 1.165) is 34.7 Å². The first-order valence-corrected chi connectivity index (χ1v) is 13.1. The molecule has 1 amide bonds. The third-order valence-corrected chi connectivity index (χ3v) is 7.22. The topological polar surface area (TPSA) is 102 Å². The molecule has 1 N–H and O–H groups in total. The van der Waals surface area contributed by atoms with Crippen LogP contribution in [0.25, 0.3) is 22.4 Å². The Balaban J connectivity index is 1.62. The summed E-state index contributed by atoms with van der Waals surface area (Å²) in [5, 5.41) is 3.23. The van der Waals surface area contributed by atoms with Crippen molar-refractivity contribution in [3.63, 3.8) is 0 Å². The molecule has 35 heavy (non-hydrogen) atoms. The minimum Gasteiger partial charge on any atom is -0.457 e. The van der Waals surface area contributed by atoms with Crippen LogP contribution in [0, 0.1) is 0 Å². The number of furan rings is 1. The van der Waals surface area contributed by atoms with Gasteiger partial charge in [-0.3, -0.25) is 9.10 Å². The molecule has 8 nitrogen and oxygen atoms in total. The molecule has 180 valence electrons. The number of carbonyl (C=O) groups is 1. The Labute approximate surface area is 203 Å². The number of hydrogen-bond acceptors (Lipinski definition) is 6. The number of hydrogen-bond donors (Lipinski definition) is 1. The maximum Gasteiger partial charge on any atom is 0.255 e. The maximum absolute atomic E-state index is 12.9. The molecule has 0 aliphatic heterocycles. The lowest BCUT2D eigenvalue weighted by Gasteiger charge is -2.18. The number of benzene rings is 2. The van der Waals surface area contributed by atoms with Gasteiger partial charge in [-0.05, 0) is 66.8 Å². The Morgan fingerprint density at radius 3 is 2.34 bits per heavy atom. The van der Waals surface area contributed by atoms with Gasteiger partial charge in [0.2, 0.25) is 15.7 Å². The van der Waals surface area contributed by atoms with Crippen molar-refractivity contribution in [2.45, 2.75) is 18.8 Å². The first-order valence-electron chi connectivity index (χ1n) is 11.2. The number of ether oxygens (including phenoxy) is 1. The van der Waals surface area contributed by atoms with Crippen LogP contribution in [-0.4, -0.2) is 39.7 Å². The fourth-order valence-electron chi connectivity index (χ4n) is 3.99. The van der Waals surface area contributed by atoms with Gasteiger partial charge in [0.15, 0.2) is 0 Å². The molecule has 1 aliphatic rings. The lowest BCUT2D eigenvalue weighted by molar-refractivity contribution is 0.0964. The molecule has 0 bridgehead atoms. The van der Waals surface area contributed by atoms with Crippen LogP contribution in [0.4, 0.5) is 5.82 Å². The zero-order valence-corrected chi connectivity index (χ0v) is 20.4. The van der Waals surface area contributed by atoms with Gasteiger partial charge in [0.1, 0.15) is 23.1 Å². The van der Waals surface area contributed by atoms with E-state index in [2.05, 4.69) is 10.3 Å². The smallest absolute Gasteiger partial charge is 0.255 e. The number of sulfonamides is 1. The van der Waals surface area contributed by atoms with Gasteiger partial charge in [-0.1, -0.05) is 18.2 Å². The van der Waals surface area contributed by atoms with Crippen LogP contribution in [0.2, 0.25) is 0 Å². The summed E-state index contributed by atoms with van der Waals surface area (Å²) in [7, 11) is -0.489. The molecule has 2 aromatic carbocycles. The average molecular weight is 492 g/mol. The van der Waals surface area contributed by atoms with Gasteiger partial charge < -0.3 is 14.5 Å². The van der Waals surface area contributed by atoms with Crippen LogP contribution in [0.5, 0.6) is 11.5 Å². The van der Waals surface area contributed by atoms with E-state index in [9.17, 15) is 13.2 Å². The zero-order chi connectivity index (χ0) is 24.7. The number of carbonyl (C=O) groups excluding carboxylic acids is 1. The molecule has 9 heteroatoms. The molecule has 1 aliphatic carbocycles. The van der Waals surface area contributed by atoms with Crippen LogP contribution in [0.1, 0.15) is 34.7 Å². The molecule has 0 atom stereocenters. The Kier molecular flexibility index (Phi) is 5.72. The second kappa shape index (κ2) is 8.74. The number of amides is 1. The van der Waals surface area contributed by atoms with E-state index in [1.807, 2.05) is 48.5 Å². The van der Waals surface area contributed by atoms with Gasteiger partial charge in [-0.2, -0.15) is 4.98 Å². The van der Waals surface area contributed by atoms with Crippen LogP contribution in [0.15, 0.2) is 65.1 Å². The molecular weight excluding hydrogens is 466 g/mol. The van der Waals surface area contributed by atoms with Gasteiger partial charge in [0, 0.05) is 19.7 Å². The molecule has 0 spiro atoms. The number of nitrogens with one attached hydrogen (secondary N) is 1. The second-order valence-electron chi connectivity index (χ2n) is 8.58. The Hall–Kier alpha value is -3.85. The van der Waals surface area contributed by atoms with Crippen LogP contribution in [0.3, 0.4) is 0 Å². The number of aromatic nitrogens is 1. The molecule has 2 heterocycles. The number of nitrogens with zero attached hydrogens (tertiary/aromatic N) is 2. The van der Waals surface area contributed by atoms with Gasteiger partial charge in [-0.15, -0.1) is 0 Å². The van der Waals surface area contributed by atoms with Crippen molar-refractivity contribution in [2.75, 3.05) is 24.7 Å². The van der Waals surface area contributed by atoms with Crippen LogP contribution < -0.4 is 14.4 Å².